The maximum atomic E-state index is 12.4. The fourth-order valence-corrected chi connectivity index (χ4v) is 3.14. The summed E-state index contributed by atoms with van der Waals surface area (Å²) in [6.07, 6.45) is 1.73. The van der Waals surface area contributed by atoms with Gasteiger partial charge in [0.2, 0.25) is 5.91 Å². The summed E-state index contributed by atoms with van der Waals surface area (Å²) in [5.74, 6) is 0.200. The number of hydrogen-bond acceptors (Lipinski definition) is 2. The second-order valence-corrected chi connectivity index (χ2v) is 6.53. The smallest absolute Gasteiger partial charge is 0.227 e. The molecule has 0 radical (unpaired) electrons. The lowest BCUT2D eigenvalue weighted by molar-refractivity contribution is -0.120. The van der Waals surface area contributed by atoms with E-state index in [1.165, 1.54) is 5.56 Å². The summed E-state index contributed by atoms with van der Waals surface area (Å²) in [4.78, 5) is 14.7. The molecule has 1 N–H and O–H groups in total. The topological polar surface area (TPSA) is 32.3 Å². The molecule has 120 valence electrons. The third kappa shape index (κ3) is 4.05. The molecule has 0 atom stereocenters. The van der Waals surface area contributed by atoms with Crippen LogP contribution in [0.3, 0.4) is 0 Å². The van der Waals surface area contributed by atoms with Crippen LogP contribution in [0.5, 0.6) is 0 Å². The van der Waals surface area contributed by atoms with E-state index in [1.54, 1.807) is 0 Å². The summed E-state index contributed by atoms with van der Waals surface area (Å²) in [6, 6.07) is 15.8. The standard InChI is InChI=1S/C19H21ClN2O/c1-14-5-7-17(8-6-14)21-19(23)15-9-11-22(12-10-15)18-4-2-3-16(20)13-18/h2-8,13,15H,9-12H2,1H3,(H,21,23). The molecule has 2 aromatic carbocycles. The Morgan fingerprint density at radius 1 is 1.13 bits per heavy atom. The number of carbonyl (C=O) groups excluding carboxylic acids is 1. The Hall–Kier alpha value is -2.00. The van der Waals surface area contributed by atoms with Crippen LogP contribution in [0.25, 0.3) is 0 Å². The second-order valence-electron chi connectivity index (χ2n) is 6.10. The van der Waals surface area contributed by atoms with Gasteiger partial charge in [0, 0.05) is 35.4 Å². The predicted octanol–water partition coefficient (Wildman–Crippen LogP) is 4.50. The van der Waals surface area contributed by atoms with Gasteiger partial charge in [-0.25, -0.2) is 0 Å². The van der Waals surface area contributed by atoms with Gasteiger partial charge < -0.3 is 10.2 Å². The van der Waals surface area contributed by atoms with Crippen LogP contribution in [0.4, 0.5) is 11.4 Å². The fourth-order valence-electron chi connectivity index (χ4n) is 2.95. The maximum absolute atomic E-state index is 12.4. The number of hydrogen-bond donors (Lipinski definition) is 1. The normalized spacial score (nSPS) is 15.5. The monoisotopic (exact) mass is 328 g/mol. The van der Waals surface area contributed by atoms with Gasteiger partial charge in [-0.3, -0.25) is 4.79 Å². The van der Waals surface area contributed by atoms with Crippen LogP contribution in [0.1, 0.15) is 18.4 Å². The van der Waals surface area contributed by atoms with Gasteiger partial charge in [0.15, 0.2) is 0 Å². The first-order valence-electron chi connectivity index (χ1n) is 8.00. The lowest BCUT2D eigenvalue weighted by atomic mass is 9.95. The van der Waals surface area contributed by atoms with Gasteiger partial charge in [0.1, 0.15) is 0 Å². The van der Waals surface area contributed by atoms with Crippen LogP contribution in [-0.2, 0) is 4.79 Å². The number of amides is 1. The zero-order valence-corrected chi connectivity index (χ0v) is 14.0. The van der Waals surface area contributed by atoms with Crippen molar-refractivity contribution in [2.75, 3.05) is 23.3 Å². The molecule has 1 heterocycles. The Labute approximate surface area is 142 Å². The molecule has 23 heavy (non-hydrogen) atoms. The van der Waals surface area contributed by atoms with Crippen molar-refractivity contribution in [3.63, 3.8) is 0 Å². The molecule has 1 amide bonds. The summed E-state index contributed by atoms with van der Waals surface area (Å²) >= 11 is 6.05. The molecule has 3 nitrogen and oxygen atoms in total. The van der Waals surface area contributed by atoms with Crippen LogP contribution < -0.4 is 10.2 Å². The molecule has 2 aromatic rings. The molecule has 1 aliphatic heterocycles. The molecule has 0 aliphatic carbocycles. The average Bonchev–Trinajstić information content (AvgIpc) is 2.57. The minimum Gasteiger partial charge on any atom is -0.371 e. The molecule has 1 saturated heterocycles. The van der Waals surface area contributed by atoms with Gasteiger partial charge >= 0.3 is 0 Å². The first-order chi connectivity index (χ1) is 11.1. The van der Waals surface area contributed by atoms with Crippen molar-refractivity contribution in [2.45, 2.75) is 19.8 Å². The molecule has 4 heteroatoms. The number of benzene rings is 2. The fraction of sp³-hybridized carbons (Fsp3) is 0.316. The molecule has 3 rings (SSSR count). The quantitative estimate of drug-likeness (QED) is 0.899. The Kier molecular flexibility index (Phi) is 4.87. The summed E-state index contributed by atoms with van der Waals surface area (Å²) in [7, 11) is 0. The number of halogens is 1. The van der Waals surface area contributed by atoms with E-state index in [4.69, 9.17) is 11.6 Å². The SMILES string of the molecule is Cc1ccc(NC(=O)C2CCN(c3cccc(Cl)c3)CC2)cc1. The zero-order valence-electron chi connectivity index (χ0n) is 13.3. The number of nitrogens with zero attached hydrogens (tertiary/aromatic N) is 1. The highest BCUT2D eigenvalue weighted by molar-refractivity contribution is 6.30. The molecular weight excluding hydrogens is 308 g/mol. The third-order valence-corrected chi connectivity index (χ3v) is 4.59. The molecule has 1 aliphatic rings. The van der Waals surface area contributed by atoms with E-state index < -0.39 is 0 Å². The highest BCUT2D eigenvalue weighted by Gasteiger charge is 2.25. The molecular formula is C19H21ClN2O. The number of aryl methyl sites for hydroxylation is 1. The van der Waals surface area contributed by atoms with Gasteiger partial charge in [0.25, 0.3) is 0 Å². The summed E-state index contributed by atoms with van der Waals surface area (Å²) in [5.41, 5.74) is 3.20. The van der Waals surface area contributed by atoms with E-state index >= 15 is 0 Å². The van der Waals surface area contributed by atoms with E-state index in [0.717, 1.165) is 42.3 Å². The van der Waals surface area contributed by atoms with Crippen molar-refractivity contribution in [3.05, 3.63) is 59.1 Å². The molecule has 0 spiro atoms. The highest BCUT2D eigenvalue weighted by Crippen LogP contribution is 2.26. The van der Waals surface area contributed by atoms with Crippen molar-refractivity contribution in [2.24, 2.45) is 5.92 Å². The Morgan fingerprint density at radius 3 is 2.48 bits per heavy atom. The number of nitrogens with one attached hydrogen (secondary N) is 1. The molecule has 0 unspecified atom stereocenters. The van der Waals surface area contributed by atoms with Crippen LogP contribution in [0, 0.1) is 12.8 Å². The second kappa shape index (κ2) is 7.05. The number of rotatable bonds is 3. The lowest BCUT2D eigenvalue weighted by Crippen LogP contribution is -2.38. The largest absolute Gasteiger partial charge is 0.371 e. The van der Waals surface area contributed by atoms with E-state index in [9.17, 15) is 4.79 Å². The van der Waals surface area contributed by atoms with Crippen LogP contribution in [0.15, 0.2) is 48.5 Å². The summed E-state index contributed by atoms with van der Waals surface area (Å²) in [5, 5.41) is 3.78. The first-order valence-corrected chi connectivity index (χ1v) is 8.38. The third-order valence-electron chi connectivity index (χ3n) is 4.36. The van der Waals surface area contributed by atoms with Crippen molar-refractivity contribution in [1.29, 1.82) is 0 Å². The Balaban J connectivity index is 1.56. The van der Waals surface area contributed by atoms with Crippen molar-refractivity contribution in [1.82, 2.24) is 0 Å². The molecule has 1 fully saturated rings. The van der Waals surface area contributed by atoms with Crippen LogP contribution >= 0.6 is 11.6 Å². The van der Waals surface area contributed by atoms with E-state index in [1.807, 2.05) is 49.4 Å². The number of piperidine rings is 1. The van der Waals surface area contributed by atoms with Crippen LogP contribution in [0.2, 0.25) is 5.02 Å². The minimum atomic E-state index is 0.0757. The summed E-state index contributed by atoms with van der Waals surface area (Å²) in [6.45, 7) is 3.80. The minimum absolute atomic E-state index is 0.0757. The first kappa shape index (κ1) is 15.9. The molecule has 0 aromatic heterocycles. The Morgan fingerprint density at radius 2 is 1.83 bits per heavy atom. The van der Waals surface area contributed by atoms with E-state index in [-0.39, 0.29) is 11.8 Å². The lowest BCUT2D eigenvalue weighted by Gasteiger charge is -2.33. The zero-order chi connectivity index (χ0) is 16.2. The Bertz CT molecular complexity index is 676. The van der Waals surface area contributed by atoms with Gasteiger partial charge in [-0.2, -0.15) is 0 Å². The van der Waals surface area contributed by atoms with Crippen molar-refractivity contribution >= 4 is 28.9 Å². The average molecular weight is 329 g/mol. The highest BCUT2D eigenvalue weighted by atomic mass is 35.5. The predicted molar refractivity (Wildman–Crippen MR) is 96.2 cm³/mol. The van der Waals surface area contributed by atoms with Gasteiger partial charge in [0.05, 0.1) is 0 Å². The van der Waals surface area contributed by atoms with Crippen molar-refractivity contribution in [3.8, 4) is 0 Å². The number of anilines is 2. The van der Waals surface area contributed by atoms with Gasteiger partial charge in [-0.1, -0.05) is 35.4 Å². The van der Waals surface area contributed by atoms with Gasteiger partial charge in [-0.05, 0) is 50.1 Å². The van der Waals surface area contributed by atoms with E-state index in [0.29, 0.717) is 0 Å². The molecule has 0 bridgehead atoms. The maximum Gasteiger partial charge on any atom is 0.227 e. The van der Waals surface area contributed by atoms with Gasteiger partial charge in [-0.15, -0.1) is 0 Å². The van der Waals surface area contributed by atoms with E-state index in [2.05, 4.69) is 16.3 Å². The number of carbonyl (C=O) groups is 1. The molecule has 0 saturated carbocycles. The van der Waals surface area contributed by atoms with Crippen molar-refractivity contribution < 1.29 is 4.79 Å². The van der Waals surface area contributed by atoms with Crippen LogP contribution in [-0.4, -0.2) is 19.0 Å². The summed E-state index contributed by atoms with van der Waals surface area (Å²) < 4.78 is 0.